The summed E-state index contributed by atoms with van der Waals surface area (Å²) in [6.45, 7) is 1.98. The van der Waals surface area contributed by atoms with Crippen molar-refractivity contribution in [2.45, 2.75) is 24.8 Å². The van der Waals surface area contributed by atoms with Gasteiger partial charge in [0.1, 0.15) is 12.1 Å². The largest absolute Gasteiger partial charge is 0.352 e. The third-order valence-corrected chi connectivity index (χ3v) is 3.75. The Balaban J connectivity index is 1.47. The number of aromatic nitrogens is 4. The molecule has 5 nitrogen and oxygen atoms in total. The molecule has 92 valence electrons. The molecule has 0 N–H and O–H groups in total. The predicted molar refractivity (Wildman–Crippen MR) is 67.5 cm³/mol. The minimum atomic E-state index is 0.486. The van der Waals surface area contributed by atoms with Crippen molar-refractivity contribution in [3.8, 4) is 0 Å². The summed E-state index contributed by atoms with van der Waals surface area (Å²) in [5.41, 5.74) is 1.21. The van der Waals surface area contributed by atoms with Crippen LogP contribution in [-0.2, 0) is 0 Å². The standard InChI is InChI=1S/C13H15N5/c1-4-16-18(5-1)11-7-17(8-11)13-6-12(10-2-3-10)14-9-15-13/h1,4-6,9-11H,2-3,7-8H2. The molecule has 5 heteroatoms. The summed E-state index contributed by atoms with van der Waals surface area (Å²) in [4.78, 5) is 11.0. The molecule has 1 saturated carbocycles. The maximum atomic E-state index is 4.37. The predicted octanol–water partition coefficient (Wildman–Crippen LogP) is 1.61. The molecule has 0 bridgehead atoms. The smallest absolute Gasteiger partial charge is 0.132 e. The molecule has 2 fully saturated rings. The van der Waals surface area contributed by atoms with Gasteiger partial charge in [0.25, 0.3) is 0 Å². The average molecular weight is 241 g/mol. The van der Waals surface area contributed by atoms with Gasteiger partial charge in [0.15, 0.2) is 0 Å². The minimum absolute atomic E-state index is 0.486. The first-order valence-electron chi connectivity index (χ1n) is 6.46. The van der Waals surface area contributed by atoms with E-state index in [2.05, 4.69) is 26.0 Å². The van der Waals surface area contributed by atoms with E-state index < -0.39 is 0 Å². The molecule has 2 aromatic rings. The van der Waals surface area contributed by atoms with E-state index in [0.717, 1.165) is 18.9 Å². The molecule has 18 heavy (non-hydrogen) atoms. The molecule has 0 spiro atoms. The summed E-state index contributed by atoms with van der Waals surface area (Å²) in [5.74, 6) is 1.75. The number of anilines is 1. The number of rotatable bonds is 3. The minimum Gasteiger partial charge on any atom is -0.352 e. The topological polar surface area (TPSA) is 46.8 Å². The normalized spacial score (nSPS) is 19.9. The first-order chi connectivity index (χ1) is 8.90. The maximum Gasteiger partial charge on any atom is 0.132 e. The Bertz CT molecular complexity index is 540. The fraction of sp³-hybridized carbons (Fsp3) is 0.462. The van der Waals surface area contributed by atoms with Gasteiger partial charge < -0.3 is 4.90 Å². The highest BCUT2D eigenvalue weighted by Crippen LogP contribution is 2.40. The van der Waals surface area contributed by atoms with Crippen molar-refractivity contribution in [2.24, 2.45) is 0 Å². The van der Waals surface area contributed by atoms with Crippen LogP contribution in [0, 0.1) is 0 Å². The Hall–Kier alpha value is -1.91. The van der Waals surface area contributed by atoms with Crippen LogP contribution in [0.2, 0.25) is 0 Å². The van der Waals surface area contributed by atoms with Crippen molar-refractivity contribution in [1.82, 2.24) is 19.7 Å². The van der Waals surface area contributed by atoms with Gasteiger partial charge in [0.05, 0.1) is 6.04 Å². The van der Waals surface area contributed by atoms with E-state index in [1.54, 1.807) is 6.33 Å². The van der Waals surface area contributed by atoms with Crippen LogP contribution < -0.4 is 4.90 Å². The summed E-state index contributed by atoms with van der Waals surface area (Å²) in [6, 6.07) is 4.61. The van der Waals surface area contributed by atoms with E-state index >= 15 is 0 Å². The quantitative estimate of drug-likeness (QED) is 0.819. The molecule has 2 aromatic heterocycles. The van der Waals surface area contributed by atoms with Crippen molar-refractivity contribution in [3.05, 3.63) is 36.5 Å². The highest BCUT2D eigenvalue weighted by Gasteiger charge is 2.31. The lowest BCUT2D eigenvalue weighted by Crippen LogP contribution is -2.48. The van der Waals surface area contributed by atoms with Gasteiger partial charge >= 0.3 is 0 Å². The fourth-order valence-electron chi connectivity index (χ4n) is 2.44. The van der Waals surface area contributed by atoms with Crippen LogP contribution in [0.15, 0.2) is 30.9 Å². The summed E-state index contributed by atoms with van der Waals surface area (Å²) >= 11 is 0. The molecule has 2 aliphatic rings. The summed E-state index contributed by atoms with van der Waals surface area (Å²) in [6.07, 6.45) is 8.12. The van der Waals surface area contributed by atoms with Crippen LogP contribution in [0.1, 0.15) is 30.5 Å². The molecule has 0 atom stereocenters. The zero-order valence-electron chi connectivity index (χ0n) is 10.1. The second-order valence-corrected chi connectivity index (χ2v) is 5.12. The third-order valence-electron chi connectivity index (χ3n) is 3.75. The molecule has 0 aromatic carbocycles. The molecule has 4 rings (SSSR count). The molecular weight excluding hydrogens is 226 g/mol. The van der Waals surface area contributed by atoms with Gasteiger partial charge in [0.2, 0.25) is 0 Å². The molecular formula is C13H15N5. The monoisotopic (exact) mass is 241 g/mol. The van der Waals surface area contributed by atoms with Crippen molar-refractivity contribution in [3.63, 3.8) is 0 Å². The third kappa shape index (κ3) is 1.66. The number of hydrogen-bond donors (Lipinski definition) is 0. The van der Waals surface area contributed by atoms with Crippen molar-refractivity contribution in [1.29, 1.82) is 0 Å². The molecule has 1 aliphatic heterocycles. The number of nitrogens with zero attached hydrogens (tertiary/aromatic N) is 5. The van der Waals surface area contributed by atoms with Gasteiger partial charge in [-0.15, -0.1) is 0 Å². The van der Waals surface area contributed by atoms with Crippen LogP contribution in [0.5, 0.6) is 0 Å². The van der Waals surface area contributed by atoms with Crippen molar-refractivity contribution >= 4 is 5.82 Å². The zero-order valence-corrected chi connectivity index (χ0v) is 10.1. The lowest BCUT2D eigenvalue weighted by atomic mass is 10.1. The zero-order chi connectivity index (χ0) is 11.9. The lowest BCUT2D eigenvalue weighted by Gasteiger charge is -2.40. The first kappa shape index (κ1) is 10.1. The highest BCUT2D eigenvalue weighted by molar-refractivity contribution is 5.43. The summed E-state index contributed by atoms with van der Waals surface area (Å²) in [5, 5.41) is 4.28. The van der Waals surface area contributed by atoms with Gasteiger partial charge in [-0.1, -0.05) is 0 Å². The molecule has 1 saturated heterocycles. The molecule has 3 heterocycles. The van der Waals surface area contributed by atoms with Crippen LogP contribution >= 0.6 is 0 Å². The lowest BCUT2D eigenvalue weighted by molar-refractivity contribution is 0.365. The van der Waals surface area contributed by atoms with Gasteiger partial charge in [-0.3, -0.25) is 4.68 Å². The van der Waals surface area contributed by atoms with Gasteiger partial charge in [-0.25, -0.2) is 9.97 Å². The van der Waals surface area contributed by atoms with Gasteiger partial charge in [-0.05, 0) is 18.9 Å². The summed E-state index contributed by atoms with van der Waals surface area (Å²) < 4.78 is 2.03. The summed E-state index contributed by atoms with van der Waals surface area (Å²) in [7, 11) is 0. The Morgan fingerprint density at radius 3 is 2.78 bits per heavy atom. The second-order valence-electron chi connectivity index (χ2n) is 5.12. The molecule has 0 unspecified atom stereocenters. The SMILES string of the molecule is c1cnn(C2CN(c3cc(C4CC4)ncn3)C2)c1. The first-order valence-corrected chi connectivity index (χ1v) is 6.46. The average Bonchev–Trinajstić information content (AvgIpc) is 3.06. The fourth-order valence-corrected chi connectivity index (χ4v) is 2.44. The van der Waals surface area contributed by atoms with Crippen LogP contribution in [0.3, 0.4) is 0 Å². The molecule has 0 radical (unpaired) electrons. The van der Waals surface area contributed by atoms with E-state index in [9.17, 15) is 0 Å². The van der Waals surface area contributed by atoms with Gasteiger partial charge in [0, 0.05) is 43.2 Å². The van der Waals surface area contributed by atoms with Gasteiger partial charge in [-0.2, -0.15) is 5.10 Å². The molecule has 1 aliphatic carbocycles. The Labute approximate surface area is 105 Å². The van der Waals surface area contributed by atoms with Crippen molar-refractivity contribution in [2.75, 3.05) is 18.0 Å². The van der Waals surface area contributed by atoms with E-state index in [1.807, 2.05) is 23.1 Å². The van der Waals surface area contributed by atoms with Crippen LogP contribution in [0.25, 0.3) is 0 Å². The van der Waals surface area contributed by atoms with E-state index in [-0.39, 0.29) is 0 Å². The Kier molecular flexibility index (Phi) is 2.12. The highest BCUT2D eigenvalue weighted by atomic mass is 15.4. The van der Waals surface area contributed by atoms with Crippen LogP contribution in [-0.4, -0.2) is 32.8 Å². The van der Waals surface area contributed by atoms with E-state index in [1.165, 1.54) is 18.5 Å². The Morgan fingerprint density at radius 1 is 1.17 bits per heavy atom. The van der Waals surface area contributed by atoms with E-state index in [4.69, 9.17) is 0 Å². The van der Waals surface area contributed by atoms with Crippen LogP contribution in [0.4, 0.5) is 5.82 Å². The van der Waals surface area contributed by atoms with Crippen molar-refractivity contribution < 1.29 is 0 Å². The molecule has 0 amide bonds. The maximum absolute atomic E-state index is 4.37. The van der Waals surface area contributed by atoms with E-state index in [0.29, 0.717) is 12.0 Å². The number of hydrogen-bond acceptors (Lipinski definition) is 4. The second kappa shape index (κ2) is 3.80. The Morgan fingerprint density at radius 2 is 2.06 bits per heavy atom.